The molecule has 0 bridgehead atoms. The van der Waals surface area contributed by atoms with Gasteiger partial charge in [0.15, 0.2) is 0 Å². The zero-order chi connectivity index (χ0) is 22.3. The number of nitrogens with one attached hydrogen (secondary N) is 1. The number of carbonyl (C=O) groups is 1. The maximum Gasteiger partial charge on any atom is 0.264 e. The number of rotatable bonds is 10. The summed E-state index contributed by atoms with van der Waals surface area (Å²) in [5.74, 6) is 1.86. The van der Waals surface area contributed by atoms with Crippen molar-refractivity contribution in [3.63, 3.8) is 0 Å². The van der Waals surface area contributed by atoms with Gasteiger partial charge in [0.1, 0.15) is 12.3 Å². The normalized spacial score (nSPS) is 11.3. The molecule has 3 aromatic rings. The second-order valence-corrected chi connectivity index (χ2v) is 10.1. The molecular formula is C22H23ClN2O4S2. The summed E-state index contributed by atoms with van der Waals surface area (Å²) in [4.78, 5) is 12.7. The van der Waals surface area contributed by atoms with Gasteiger partial charge in [0.2, 0.25) is 5.91 Å². The first kappa shape index (κ1) is 23.2. The molecule has 0 unspecified atom stereocenters. The molecule has 1 amide bonds. The first-order valence-electron chi connectivity index (χ1n) is 9.59. The van der Waals surface area contributed by atoms with Crippen LogP contribution in [0.1, 0.15) is 11.3 Å². The number of carbonyl (C=O) groups excluding carboxylic acids is 1. The van der Waals surface area contributed by atoms with Gasteiger partial charge in [0.25, 0.3) is 10.0 Å². The summed E-state index contributed by atoms with van der Waals surface area (Å²) in [5.41, 5.74) is 0.962. The Labute approximate surface area is 191 Å². The van der Waals surface area contributed by atoms with E-state index in [1.807, 2.05) is 12.1 Å². The van der Waals surface area contributed by atoms with Crippen molar-refractivity contribution in [3.8, 4) is 0 Å². The van der Waals surface area contributed by atoms with Crippen LogP contribution in [-0.2, 0) is 20.6 Å². The molecule has 0 aliphatic rings. The van der Waals surface area contributed by atoms with Crippen LogP contribution in [0.4, 0.5) is 5.69 Å². The Balaban J connectivity index is 1.71. The van der Waals surface area contributed by atoms with Gasteiger partial charge in [0, 0.05) is 17.3 Å². The minimum atomic E-state index is -3.96. The van der Waals surface area contributed by atoms with Gasteiger partial charge in [0.05, 0.1) is 22.6 Å². The van der Waals surface area contributed by atoms with Gasteiger partial charge >= 0.3 is 0 Å². The number of sulfonamides is 1. The smallest absolute Gasteiger partial charge is 0.264 e. The van der Waals surface area contributed by atoms with E-state index in [0.717, 1.165) is 10.1 Å². The fourth-order valence-corrected chi connectivity index (χ4v) is 5.33. The second kappa shape index (κ2) is 10.7. The van der Waals surface area contributed by atoms with Crippen LogP contribution in [0.2, 0.25) is 5.02 Å². The lowest BCUT2D eigenvalue weighted by atomic mass is 10.2. The fraction of sp³-hybridized carbons (Fsp3) is 0.227. The van der Waals surface area contributed by atoms with E-state index in [-0.39, 0.29) is 11.4 Å². The number of amides is 1. The summed E-state index contributed by atoms with van der Waals surface area (Å²) in [5, 5.41) is 3.22. The highest BCUT2D eigenvalue weighted by Gasteiger charge is 2.28. The number of thioether (sulfide) groups is 1. The number of benzene rings is 2. The molecule has 6 nitrogen and oxygen atoms in total. The Bertz CT molecular complexity index is 1100. The Morgan fingerprint density at radius 2 is 1.87 bits per heavy atom. The molecular weight excluding hydrogens is 456 g/mol. The molecule has 0 aliphatic heterocycles. The van der Waals surface area contributed by atoms with E-state index in [9.17, 15) is 13.2 Å². The average molecular weight is 479 g/mol. The lowest BCUT2D eigenvalue weighted by molar-refractivity contribution is -0.119. The molecule has 0 radical (unpaired) electrons. The van der Waals surface area contributed by atoms with E-state index >= 15 is 0 Å². The SMILES string of the molecule is Cc1c(Cl)cccc1N(CC(=O)NCCSCc1ccco1)S(=O)(=O)c1ccccc1. The van der Waals surface area contributed by atoms with Crippen molar-refractivity contribution >= 4 is 45.0 Å². The average Bonchev–Trinajstić information content (AvgIpc) is 3.28. The maximum atomic E-state index is 13.3. The van der Waals surface area contributed by atoms with Crippen molar-refractivity contribution < 1.29 is 17.6 Å². The van der Waals surface area contributed by atoms with E-state index in [1.165, 1.54) is 12.1 Å². The molecule has 2 aromatic carbocycles. The highest BCUT2D eigenvalue weighted by atomic mass is 35.5. The lowest BCUT2D eigenvalue weighted by Crippen LogP contribution is -2.41. The molecule has 9 heteroatoms. The minimum absolute atomic E-state index is 0.108. The van der Waals surface area contributed by atoms with Crippen molar-refractivity contribution in [2.24, 2.45) is 0 Å². The topological polar surface area (TPSA) is 79.6 Å². The van der Waals surface area contributed by atoms with Gasteiger partial charge in [-0.25, -0.2) is 8.42 Å². The van der Waals surface area contributed by atoms with E-state index in [1.54, 1.807) is 61.3 Å². The van der Waals surface area contributed by atoms with Crippen molar-refractivity contribution in [2.75, 3.05) is 23.1 Å². The number of anilines is 1. The molecule has 1 aromatic heterocycles. The number of halogens is 1. The van der Waals surface area contributed by atoms with Gasteiger partial charge in [-0.2, -0.15) is 11.8 Å². The number of hydrogen-bond donors (Lipinski definition) is 1. The third kappa shape index (κ3) is 6.06. The third-order valence-electron chi connectivity index (χ3n) is 4.52. The summed E-state index contributed by atoms with van der Waals surface area (Å²) < 4.78 is 33.0. The first-order chi connectivity index (χ1) is 14.9. The molecule has 0 spiro atoms. The quantitative estimate of drug-likeness (QED) is 0.434. The summed E-state index contributed by atoms with van der Waals surface area (Å²) in [6, 6.07) is 16.8. The summed E-state index contributed by atoms with van der Waals surface area (Å²) >= 11 is 7.84. The van der Waals surface area contributed by atoms with E-state index < -0.39 is 15.9 Å². The minimum Gasteiger partial charge on any atom is -0.468 e. The molecule has 0 saturated heterocycles. The zero-order valence-electron chi connectivity index (χ0n) is 17.0. The van der Waals surface area contributed by atoms with Crippen LogP contribution in [-0.4, -0.2) is 33.2 Å². The Hall–Kier alpha value is -2.42. The van der Waals surface area contributed by atoms with Gasteiger partial charge in [-0.15, -0.1) is 0 Å². The van der Waals surface area contributed by atoms with Gasteiger partial charge in [-0.05, 0) is 48.9 Å². The van der Waals surface area contributed by atoms with Gasteiger partial charge < -0.3 is 9.73 Å². The lowest BCUT2D eigenvalue weighted by Gasteiger charge is -2.26. The van der Waals surface area contributed by atoms with Crippen LogP contribution >= 0.6 is 23.4 Å². The predicted octanol–water partition coefficient (Wildman–Crippen LogP) is 4.49. The van der Waals surface area contributed by atoms with Crippen molar-refractivity contribution in [1.82, 2.24) is 5.32 Å². The first-order valence-corrected chi connectivity index (χ1v) is 12.6. The molecule has 1 N–H and O–H groups in total. The van der Waals surface area contributed by atoms with Crippen molar-refractivity contribution in [2.45, 2.75) is 17.6 Å². The van der Waals surface area contributed by atoms with E-state index in [4.69, 9.17) is 16.0 Å². The standard InChI is InChI=1S/C22H23ClN2O4S2/c1-17-20(23)10-5-11-21(17)25(31(27,28)19-8-3-2-4-9-19)15-22(26)24-12-14-30-16-18-7-6-13-29-18/h2-11,13H,12,14-16H2,1H3,(H,24,26). The molecule has 31 heavy (non-hydrogen) atoms. The number of nitrogens with zero attached hydrogens (tertiary/aromatic N) is 1. The summed E-state index contributed by atoms with van der Waals surface area (Å²) in [6.07, 6.45) is 1.62. The van der Waals surface area contributed by atoms with E-state index in [2.05, 4.69) is 5.32 Å². The van der Waals surface area contributed by atoms with Gasteiger partial charge in [-0.1, -0.05) is 35.9 Å². The molecule has 164 valence electrons. The Morgan fingerprint density at radius 1 is 1.10 bits per heavy atom. The summed E-state index contributed by atoms with van der Waals surface area (Å²) in [6.45, 7) is 1.80. The molecule has 0 fully saturated rings. The monoisotopic (exact) mass is 478 g/mol. The predicted molar refractivity (Wildman–Crippen MR) is 125 cm³/mol. The highest BCUT2D eigenvalue weighted by Crippen LogP contribution is 2.30. The summed E-state index contributed by atoms with van der Waals surface area (Å²) in [7, 11) is -3.96. The molecule has 0 saturated carbocycles. The third-order valence-corrected chi connectivity index (χ3v) is 7.68. The molecule has 3 rings (SSSR count). The second-order valence-electron chi connectivity index (χ2n) is 6.69. The fourth-order valence-electron chi connectivity index (χ4n) is 2.90. The van der Waals surface area contributed by atoms with Crippen LogP contribution < -0.4 is 9.62 Å². The Kier molecular flexibility index (Phi) is 8.06. The van der Waals surface area contributed by atoms with Crippen molar-refractivity contribution in [3.05, 3.63) is 83.3 Å². The highest BCUT2D eigenvalue weighted by molar-refractivity contribution is 7.98. The van der Waals surface area contributed by atoms with E-state index in [0.29, 0.717) is 34.3 Å². The van der Waals surface area contributed by atoms with Crippen LogP contribution in [0.15, 0.2) is 76.2 Å². The van der Waals surface area contributed by atoms with Gasteiger partial charge in [-0.3, -0.25) is 9.10 Å². The number of hydrogen-bond acceptors (Lipinski definition) is 5. The number of furan rings is 1. The molecule has 0 atom stereocenters. The van der Waals surface area contributed by atoms with Crippen LogP contribution in [0.3, 0.4) is 0 Å². The van der Waals surface area contributed by atoms with Crippen LogP contribution in [0.5, 0.6) is 0 Å². The zero-order valence-corrected chi connectivity index (χ0v) is 19.3. The van der Waals surface area contributed by atoms with Crippen LogP contribution in [0, 0.1) is 6.92 Å². The Morgan fingerprint density at radius 3 is 2.58 bits per heavy atom. The van der Waals surface area contributed by atoms with Crippen molar-refractivity contribution in [1.29, 1.82) is 0 Å². The maximum absolute atomic E-state index is 13.3. The largest absolute Gasteiger partial charge is 0.468 e. The molecule has 0 aliphatic carbocycles. The van der Waals surface area contributed by atoms with Crippen LogP contribution in [0.25, 0.3) is 0 Å². The molecule has 1 heterocycles.